The van der Waals surface area contributed by atoms with E-state index < -0.39 is 10.8 Å². The van der Waals surface area contributed by atoms with Gasteiger partial charge in [-0.25, -0.2) is 0 Å². The number of hydrogen-bond acceptors (Lipinski definition) is 2. The Morgan fingerprint density at radius 3 is 2.82 bits per heavy atom. The minimum atomic E-state index is -0.615. The van der Waals surface area contributed by atoms with Gasteiger partial charge in [-0.05, 0) is 62.3 Å². The molecule has 3 aliphatic carbocycles. The van der Waals surface area contributed by atoms with Crippen LogP contribution < -0.4 is 5.32 Å². The second kappa shape index (κ2) is 5.00. The molecule has 3 heteroatoms. The minimum Gasteiger partial charge on any atom is -0.314 e. The highest BCUT2D eigenvalue weighted by molar-refractivity contribution is 7.84. The van der Waals surface area contributed by atoms with Gasteiger partial charge in [-0.15, -0.1) is 0 Å². The fourth-order valence-corrected chi connectivity index (χ4v) is 5.42. The lowest BCUT2D eigenvalue weighted by Crippen LogP contribution is -2.39. The average molecular weight is 255 g/mol. The Kier molecular flexibility index (Phi) is 3.58. The highest BCUT2D eigenvalue weighted by atomic mass is 32.2. The lowest BCUT2D eigenvalue weighted by molar-refractivity contribution is 0.209. The lowest BCUT2D eigenvalue weighted by atomic mass is 9.79. The van der Waals surface area contributed by atoms with Gasteiger partial charge in [0.05, 0.1) is 0 Å². The molecule has 3 rings (SSSR count). The van der Waals surface area contributed by atoms with E-state index in [1.165, 1.54) is 32.1 Å². The van der Waals surface area contributed by atoms with E-state index in [0.717, 1.165) is 48.4 Å². The molecule has 98 valence electrons. The van der Waals surface area contributed by atoms with E-state index in [1.807, 2.05) is 0 Å². The van der Waals surface area contributed by atoms with E-state index in [2.05, 4.69) is 5.32 Å². The molecular weight excluding hydrogens is 230 g/mol. The zero-order valence-corrected chi connectivity index (χ0v) is 11.7. The van der Waals surface area contributed by atoms with Crippen molar-refractivity contribution in [3.8, 4) is 0 Å². The molecule has 0 aromatic heterocycles. The van der Waals surface area contributed by atoms with Crippen LogP contribution in [0.4, 0.5) is 0 Å². The first-order valence-electron chi connectivity index (χ1n) is 7.29. The molecule has 0 aromatic carbocycles. The zero-order valence-electron chi connectivity index (χ0n) is 10.9. The number of fused-ring (bicyclic) bond motifs is 5. The van der Waals surface area contributed by atoms with Crippen LogP contribution in [0, 0.1) is 23.7 Å². The third-order valence-corrected chi connectivity index (χ3v) is 6.31. The molecule has 6 atom stereocenters. The molecule has 3 fully saturated rings. The van der Waals surface area contributed by atoms with E-state index in [-0.39, 0.29) is 0 Å². The van der Waals surface area contributed by atoms with Crippen LogP contribution in [0.1, 0.15) is 38.5 Å². The Labute approximate surface area is 107 Å². The average Bonchev–Trinajstić information content (AvgIpc) is 2.95. The van der Waals surface area contributed by atoms with Gasteiger partial charge in [0.15, 0.2) is 0 Å². The van der Waals surface area contributed by atoms with Crippen LogP contribution in [0.2, 0.25) is 0 Å². The summed E-state index contributed by atoms with van der Waals surface area (Å²) in [7, 11) is -0.615. The summed E-state index contributed by atoms with van der Waals surface area (Å²) in [5.74, 6) is 5.05. The Morgan fingerprint density at radius 1 is 1.18 bits per heavy atom. The molecule has 3 saturated carbocycles. The van der Waals surface area contributed by atoms with E-state index in [4.69, 9.17) is 0 Å². The molecule has 0 spiro atoms. The third kappa shape index (κ3) is 2.33. The summed E-state index contributed by atoms with van der Waals surface area (Å²) >= 11 is 0. The monoisotopic (exact) mass is 255 g/mol. The van der Waals surface area contributed by atoms with E-state index in [0.29, 0.717) is 0 Å². The van der Waals surface area contributed by atoms with Crippen LogP contribution in [0.15, 0.2) is 0 Å². The number of rotatable bonds is 5. The molecule has 1 N–H and O–H groups in total. The predicted molar refractivity (Wildman–Crippen MR) is 72.4 cm³/mol. The fraction of sp³-hybridized carbons (Fsp3) is 1.00. The molecule has 2 bridgehead atoms. The molecule has 2 nitrogen and oxygen atoms in total. The normalized spacial score (nSPS) is 45.1. The Balaban J connectivity index is 1.46. The maximum absolute atomic E-state index is 11.0. The van der Waals surface area contributed by atoms with Crippen molar-refractivity contribution < 1.29 is 4.21 Å². The first kappa shape index (κ1) is 12.2. The van der Waals surface area contributed by atoms with Crippen molar-refractivity contribution in [3.05, 3.63) is 0 Å². The largest absolute Gasteiger partial charge is 0.314 e. The van der Waals surface area contributed by atoms with Gasteiger partial charge in [0.2, 0.25) is 0 Å². The van der Waals surface area contributed by atoms with Crippen molar-refractivity contribution in [2.45, 2.75) is 44.6 Å². The molecule has 3 aliphatic rings. The first-order valence-corrected chi connectivity index (χ1v) is 9.02. The Hall–Kier alpha value is 0.110. The lowest BCUT2D eigenvalue weighted by Gasteiger charge is -2.32. The first-order chi connectivity index (χ1) is 8.25. The van der Waals surface area contributed by atoms with E-state index in [1.54, 1.807) is 6.26 Å². The molecule has 17 heavy (non-hydrogen) atoms. The van der Waals surface area contributed by atoms with Gasteiger partial charge in [0.1, 0.15) is 0 Å². The van der Waals surface area contributed by atoms with Crippen LogP contribution in [0.3, 0.4) is 0 Å². The SMILES string of the molecule is C[S@@](=O)CCCN[C@@H]1C[C@@H]2C[C@@H]1[C@H]1CCC[C@H]21. The summed E-state index contributed by atoms with van der Waals surface area (Å²) in [6.07, 6.45) is 10.3. The van der Waals surface area contributed by atoms with Gasteiger partial charge in [0, 0.05) is 28.9 Å². The van der Waals surface area contributed by atoms with Crippen LogP contribution >= 0.6 is 0 Å². The fourth-order valence-electron chi connectivity index (χ4n) is 4.87. The summed E-state index contributed by atoms with van der Waals surface area (Å²) < 4.78 is 11.0. The molecule has 0 saturated heterocycles. The van der Waals surface area contributed by atoms with Gasteiger partial charge < -0.3 is 5.32 Å². The van der Waals surface area contributed by atoms with E-state index in [9.17, 15) is 4.21 Å². The van der Waals surface area contributed by atoms with Crippen molar-refractivity contribution in [3.63, 3.8) is 0 Å². The molecule has 0 aliphatic heterocycles. The van der Waals surface area contributed by atoms with Gasteiger partial charge in [-0.3, -0.25) is 4.21 Å². The Bertz CT molecular complexity index is 307. The van der Waals surface area contributed by atoms with E-state index >= 15 is 0 Å². The van der Waals surface area contributed by atoms with Crippen molar-refractivity contribution in [1.82, 2.24) is 5.32 Å². The second-order valence-corrected chi connectivity index (χ2v) is 7.90. The third-order valence-electron chi connectivity index (χ3n) is 5.44. The zero-order chi connectivity index (χ0) is 11.8. The topological polar surface area (TPSA) is 29.1 Å². The highest BCUT2D eigenvalue weighted by Gasteiger charge is 2.53. The highest BCUT2D eigenvalue weighted by Crippen LogP contribution is 2.58. The summed E-state index contributed by atoms with van der Waals surface area (Å²) in [6, 6.07) is 0.796. The van der Waals surface area contributed by atoms with Crippen molar-refractivity contribution in [2.24, 2.45) is 23.7 Å². The summed E-state index contributed by atoms with van der Waals surface area (Å²) in [5.41, 5.74) is 0. The molecule has 0 amide bonds. The standard InChI is InChI=1S/C14H25NOS/c1-17(16)7-3-6-15-14-9-10-8-13(14)12-5-2-4-11(10)12/h10-15H,2-9H2,1H3/t10-,11+,12-,13+,14+,17+/m0/s1. The summed E-state index contributed by atoms with van der Waals surface area (Å²) in [6.45, 7) is 1.07. The van der Waals surface area contributed by atoms with Crippen molar-refractivity contribution in [2.75, 3.05) is 18.6 Å². The number of hydrogen-bond donors (Lipinski definition) is 1. The smallest absolute Gasteiger partial charge is 0.0244 e. The maximum atomic E-state index is 11.0. The van der Waals surface area contributed by atoms with Gasteiger partial charge in [-0.1, -0.05) is 6.42 Å². The molecule has 0 heterocycles. The van der Waals surface area contributed by atoms with Crippen LogP contribution in [0.25, 0.3) is 0 Å². The van der Waals surface area contributed by atoms with Gasteiger partial charge in [-0.2, -0.15) is 0 Å². The van der Waals surface area contributed by atoms with Gasteiger partial charge >= 0.3 is 0 Å². The molecular formula is C14H25NOS. The van der Waals surface area contributed by atoms with Crippen LogP contribution in [-0.2, 0) is 10.8 Å². The van der Waals surface area contributed by atoms with Crippen molar-refractivity contribution >= 4 is 10.8 Å². The van der Waals surface area contributed by atoms with Crippen LogP contribution in [0.5, 0.6) is 0 Å². The summed E-state index contributed by atoms with van der Waals surface area (Å²) in [5, 5.41) is 3.75. The second-order valence-electron chi connectivity index (χ2n) is 6.35. The summed E-state index contributed by atoms with van der Waals surface area (Å²) in [4.78, 5) is 0. The molecule has 0 aromatic rings. The molecule has 0 unspecified atom stereocenters. The minimum absolute atomic E-state index is 0.615. The van der Waals surface area contributed by atoms with Gasteiger partial charge in [0.25, 0.3) is 0 Å². The Morgan fingerprint density at radius 2 is 2.00 bits per heavy atom. The van der Waals surface area contributed by atoms with Crippen LogP contribution in [-0.4, -0.2) is 28.8 Å². The number of nitrogens with one attached hydrogen (secondary N) is 1. The predicted octanol–water partition coefficient (Wildman–Crippen LogP) is 2.17. The quantitative estimate of drug-likeness (QED) is 0.763. The molecule has 0 radical (unpaired) electrons. The van der Waals surface area contributed by atoms with Crippen molar-refractivity contribution in [1.29, 1.82) is 0 Å². The maximum Gasteiger partial charge on any atom is 0.0244 e.